The van der Waals surface area contributed by atoms with Crippen LogP contribution in [-0.2, 0) is 4.79 Å². The first-order chi connectivity index (χ1) is 17.4. The van der Waals surface area contributed by atoms with E-state index in [-0.39, 0.29) is 11.3 Å². The smallest absolute Gasteiger partial charge is 0.233 e. The molecule has 4 N–H and O–H groups in total. The van der Waals surface area contributed by atoms with Crippen LogP contribution in [0.2, 0.25) is 0 Å². The summed E-state index contributed by atoms with van der Waals surface area (Å²) >= 11 is 0. The van der Waals surface area contributed by atoms with Crippen molar-refractivity contribution in [3.05, 3.63) is 65.4 Å². The zero-order valence-electron chi connectivity index (χ0n) is 21.7. The van der Waals surface area contributed by atoms with E-state index in [1.54, 1.807) is 14.2 Å². The molecule has 1 spiro atoms. The number of rotatable bonds is 7. The summed E-state index contributed by atoms with van der Waals surface area (Å²) in [6.45, 7) is 6.55. The molecule has 7 heteroatoms. The summed E-state index contributed by atoms with van der Waals surface area (Å²) in [5, 5.41) is 5.71. The summed E-state index contributed by atoms with van der Waals surface area (Å²) in [6.07, 6.45) is 7.61. The van der Waals surface area contributed by atoms with E-state index in [2.05, 4.69) is 37.0 Å². The predicted molar refractivity (Wildman–Crippen MR) is 145 cm³/mol. The molecule has 4 rings (SSSR count). The van der Waals surface area contributed by atoms with Crippen molar-refractivity contribution < 1.29 is 19.7 Å². The number of allylic oxidation sites excluding steroid dienone is 2. The largest absolute Gasteiger partial charge is 0.496 e. The number of aryl methyl sites for hydroxylation is 1. The first kappa shape index (κ1) is 25.4. The number of likely N-dealkylation sites (tertiary alicyclic amines) is 1. The molecule has 36 heavy (non-hydrogen) atoms. The molecule has 2 heterocycles. The maximum atomic E-state index is 13.7. The van der Waals surface area contributed by atoms with E-state index in [0.717, 1.165) is 54.9 Å². The molecule has 0 aliphatic carbocycles. The molecule has 190 valence electrons. The second-order valence-electron chi connectivity index (χ2n) is 9.51. The summed E-state index contributed by atoms with van der Waals surface area (Å²) in [4.78, 5) is 18.0. The summed E-state index contributed by atoms with van der Waals surface area (Å²) in [5.41, 5.74) is 11.2. The molecule has 2 aliphatic rings. The Hall–Kier alpha value is -3.74. The van der Waals surface area contributed by atoms with Gasteiger partial charge in [-0.2, -0.15) is 0 Å². The highest BCUT2D eigenvalue weighted by Gasteiger charge is 2.48. The number of carbonyl (C=O) groups excluding carboxylic acids is 1. The number of ether oxygens (including phenoxy) is 2. The third kappa shape index (κ3) is 4.45. The van der Waals surface area contributed by atoms with Gasteiger partial charge in [-0.05, 0) is 74.6 Å². The van der Waals surface area contributed by atoms with Gasteiger partial charge < -0.3 is 25.0 Å². The van der Waals surface area contributed by atoms with Gasteiger partial charge in [-0.15, -0.1) is 0 Å². The van der Waals surface area contributed by atoms with Crippen LogP contribution >= 0.6 is 0 Å². The lowest BCUT2D eigenvalue weighted by molar-refractivity contribution is -0.127. The lowest BCUT2D eigenvalue weighted by Gasteiger charge is -2.40. The van der Waals surface area contributed by atoms with Gasteiger partial charge in [-0.25, -0.2) is 0 Å². The lowest BCUT2D eigenvalue weighted by Crippen LogP contribution is -2.44. The number of piperidine rings is 1. The molecule has 0 atom stereocenters. The summed E-state index contributed by atoms with van der Waals surface area (Å²) < 4.78 is 11.0. The van der Waals surface area contributed by atoms with E-state index in [0.29, 0.717) is 17.9 Å². The third-order valence-corrected chi connectivity index (χ3v) is 7.70. The van der Waals surface area contributed by atoms with Crippen LogP contribution in [0.25, 0.3) is 11.3 Å². The molecule has 0 unspecified atom stereocenters. The molecule has 7 nitrogen and oxygen atoms in total. The minimum absolute atomic E-state index is 0.208. The van der Waals surface area contributed by atoms with Crippen LogP contribution in [0, 0.1) is 12.3 Å². The van der Waals surface area contributed by atoms with Crippen LogP contribution in [0.1, 0.15) is 42.9 Å². The van der Waals surface area contributed by atoms with Crippen LogP contribution in [0.3, 0.4) is 0 Å². The van der Waals surface area contributed by atoms with Gasteiger partial charge in [0.25, 0.3) is 0 Å². The van der Waals surface area contributed by atoms with Gasteiger partial charge in [0, 0.05) is 48.8 Å². The number of carbonyl (C=O) groups is 1. The number of methoxy groups -OCH3 is 2. The van der Waals surface area contributed by atoms with Gasteiger partial charge >= 0.3 is 0 Å². The molecule has 0 aromatic heterocycles. The summed E-state index contributed by atoms with van der Waals surface area (Å²) in [6, 6.07) is 12.1. The maximum absolute atomic E-state index is 13.7. The number of nitrogens with two attached hydrogens (primary N) is 2. The highest BCUT2D eigenvalue weighted by Crippen LogP contribution is 2.45. The molecular formula is C29H37N4O3+. The Morgan fingerprint density at radius 3 is 2.31 bits per heavy atom. The van der Waals surface area contributed by atoms with Gasteiger partial charge in [0.15, 0.2) is 6.21 Å². The van der Waals surface area contributed by atoms with Crippen molar-refractivity contribution in [1.29, 1.82) is 0 Å². The second kappa shape index (κ2) is 10.5. The zero-order chi connectivity index (χ0) is 25.9. The summed E-state index contributed by atoms with van der Waals surface area (Å²) in [5.74, 6) is 1.74. The van der Waals surface area contributed by atoms with Crippen molar-refractivity contribution in [2.75, 3.05) is 38.8 Å². The Kier molecular flexibility index (Phi) is 7.38. The first-order valence-electron chi connectivity index (χ1n) is 12.4. The Bertz CT molecular complexity index is 1210. The molecule has 2 aliphatic heterocycles. The lowest BCUT2D eigenvalue weighted by atomic mass is 9.77. The van der Waals surface area contributed by atoms with Crippen LogP contribution < -0.4 is 25.5 Å². The topological polar surface area (TPSA) is 93.6 Å². The van der Waals surface area contributed by atoms with Crippen LogP contribution in [-0.4, -0.2) is 50.9 Å². The van der Waals surface area contributed by atoms with Crippen LogP contribution in [0.4, 0.5) is 5.69 Å². The van der Waals surface area contributed by atoms with E-state index < -0.39 is 0 Å². The summed E-state index contributed by atoms with van der Waals surface area (Å²) in [7, 11) is 3.31. The molecule has 2 aromatic rings. The molecule has 0 saturated carbocycles. The van der Waals surface area contributed by atoms with Crippen molar-refractivity contribution >= 4 is 29.1 Å². The fourth-order valence-electron chi connectivity index (χ4n) is 5.60. The second-order valence-corrected chi connectivity index (χ2v) is 9.51. The Labute approximate surface area is 213 Å². The highest BCUT2D eigenvalue weighted by atomic mass is 16.5. The molecule has 2 saturated heterocycles. The molecular weight excluding hydrogens is 452 g/mol. The van der Waals surface area contributed by atoms with E-state index in [9.17, 15) is 4.79 Å². The highest BCUT2D eigenvalue weighted by molar-refractivity contribution is 6.08. The van der Waals surface area contributed by atoms with Crippen molar-refractivity contribution in [3.63, 3.8) is 0 Å². The quantitative estimate of drug-likeness (QED) is 0.583. The predicted octanol–water partition coefficient (Wildman–Crippen LogP) is 3.02. The Balaban J connectivity index is 1.49. The zero-order valence-corrected chi connectivity index (χ0v) is 21.7. The van der Waals surface area contributed by atoms with E-state index in [1.165, 1.54) is 23.7 Å². The van der Waals surface area contributed by atoms with Crippen molar-refractivity contribution in [1.82, 2.24) is 4.90 Å². The SMILES string of the molecule is C/C=C(\c1ccc(OC)c(C)c1)N1CCC2(CC1)CCN(c1ccc(/C(C=[NH2+])=C/N)c(OC)c1)C2=O. The number of hydrogen-bond acceptors (Lipinski definition) is 5. The number of anilines is 1. The fourth-order valence-corrected chi connectivity index (χ4v) is 5.60. The van der Waals surface area contributed by atoms with Gasteiger partial charge in [0.1, 0.15) is 11.5 Å². The van der Waals surface area contributed by atoms with Gasteiger partial charge in [0.05, 0.1) is 25.2 Å². The molecule has 0 radical (unpaired) electrons. The fraction of sp³-hybridized carbons (Fsp3) is 0.379. The average molecular weight is 490 g/mol. The third-order valence-electron chi connectivity index (χ3n) is 7.70. The molecule has 2 fully saturated rings. The number of hydrogen-bond donors (Lipinski definition) is 2. The first-order valence-corrected chi connectivity index (χ1v) is 12.4. The number of benzene rings is 2. The van der Waals surface area contributed by atoms with Crippen molar-refractivity contribution in [3.8, 4) is 11.5 Å². The minimum Gasteiger partial charge on any atom is -0.496 e. The molecule has 2 aromatic carbocycles. The van der Waals surface area contributed by atoms with Gasteiger partial charge in [0.2, 0.25) is 5.91 Å². The standard InChI is InChI=1S/C29H36N4O3/c1-5-25(21-6-9-26(35-3)20(2)16-21)32-13-10-29(11-14-32)12-15-33(28(29)34)23-7-8-24(22(18-30)19-31)27(17-23)36-4/h5-9,16-19,30H,10-15,31H2,1-4H3/p+1/b22-19+,25-5+,30-18?. The normalized spacial score (nSPS) is 18.1. The van der Waals surface area contributed by atoms with E-state index >= 15 is 0 Å². The Morgan fingerprint density at radius 1 is 1.03 bits per heavy atom. The van der Waals surface area contributed by atoms with Crippen molar-refractivity contribution in [2.45, 2.75) is 33.1 Å². The monoisotopic (exact) mass is 489 g/mol. The van der Waals surface area contributed by atoms with Gasteiger partial charge in [-0.1, -0.05) is 6.08 Å². The molecule has 1 amide bonds. The molecule has 0 bridgehead atoms. The number of amides is 1. The minimum atomic E-state index is -0.315. The number of nitrogens with zero attached hydrogens (tertiary/aromatic N) is 2. The van der Waals surface area contributed by atoms with Gasteiger partial charge in [-0.3, -0.25) is 10.2 Å². The Morgan fingerprint density at radius 2 is 1.72 bits per heavy atom. The van der Waals surface area contributed by atoms with E-state index in [4.69, 9.17) is 20.6 Å². The van der Waals surface area contributed by atoms with E-state index in [1.807, 2.05) is 29.2 Å². The average Bonchev–Trinajstić information content (AvgIpc) is 3.21. The van der Waals surface area contributed by atoms with Crippen LogP contribution in [0.15, 0.2) is 48.7 Å². The van der Waals surface area contributed by atoms with Crippen LogP contribution in [0.5, 0.6) is 11.5 Å². The maximum Gasteiger partial charge on any atom is 0.233 e. The van der Waals surface area contributed by atoms with Crippen molar-refractivity contribution in [2.24, 2.45) is 11.1 Å².